The Labute approximate surface area is 318 Å². The Morgan fingerprint density at radius 3 is 1.75 bits per heavy atom. The van der Waals surface area contributed by atoms with E-state index in [2.05, 4.69) is 20.8 Å². The molecule has 0 aliphatic carbocycles. The van der Waals surface area contributed by atoms with Gasteiger partial charge in [-0.1, -0.05) is 184 Å². The van der Waals surface area contributed by atoms with Gasteiger partial charge in [0.1, 0.15) is 6.61 Å². The summed E-state index contributed by atoms with van der Waals surface area (Å²) in [6.07, 6.45) is 43.3. The van der Waals surface area contributed by atoms with Gasteiger partial charge in [-0.15, -0.1) is 0 Å². The van der Waals surface area contributed by atoms with Gasteiger partial charge in [-0.25, -0.2) is 0 Å². The van der Waals surface area contributed by atoms with Gasteiger partial charge in [0, 0.05) is 12.8 Å². The molecule has 0 saturated carbocycles. The van der Waals surface area contributed by atoms with Crippen molar-refractivity contribution in [1.29, 1.82) is 0 Å². The van der Waals surface area contributed by atoms with Crippen molar-refractivity contribution in [2.75, 3.05) is 13.2 Å². The highest BCUT2D eigenvalue weighted by atomic mass is 16.6. The predicted octanol–water partition coefficient (Wildman–Crippen LogP) is 10.8. The zero-order valence-electron chi connectivity index (χ0n) is 33.2. The second-order valence-electron chi connectivity index (χ2n) is 14.2. The molecule has 0 radical (unpaired) electrons. The van der Waals surface area contributed by atoms with Crippen molar-refractivity contribution in [2.24, 2.45) is 5.92 Å². The molecule has 0 rings (SSSR count). The van der Waals surface area contributed by atoms with Gasteiger partial charge in [-0.2, -0.15) is 0 Å². The summed E-state index contributed by atoms with van der Waals surface area (Å²) < 4.78 is 10.5. The van der Waals surface area contributed by atoms with Gasteiger partial charge in [0.25, 0.3) is 0 Å². The molecule has 0 aromatic rings. The Bertz CT molecular complexity index is 1010. The first-order valence-electron chi connectivity index (χ1n) is 20.6. The third kappa shape index (κ3) is 37.0. The van der Waals surface area contributed by atoms with Crippen LogP contribution >= 0.6 is 0 Å². The number of aliphatic hydroxyl groups is 3. The molecule has 0 unspecified atom stereocenters. The smallest absolute Gasteiger partial charge is 0.306 e. The van der Waals surface area contributed by atoms with Crippen LogP contribution < -0.4 is 0 Å². The van der Waals surface area contributed by atoms with E-state index in [0.717, 1.165) is 38.0 Å². The summed E-state index contributed by atoms with van der Waals surface area (Å²) in [6, 6.07) is 0. The number of esters is 2. The van der Waals surface area contributed by atoms with Crippen LogP contribution in [0.2, 0.25) is 0 Å². The van der Waals surface area contributed by atoms with Crippen LogP contribution in [0.25, 0.3) is 0 Å². The monoisotopic (exact) mass is 729 g/mol. The maximum atomic E-state index is 12.2. The van der Waals surface area contributed by atoms with Crippen molar-refractivity contribution in [3.63, 3.8) is 0 Å². The zero-order valence-corrected chi connectivity index (χ0v) is 33.2. The fourth-order valence-electron chi connectivity index (χ4n) is 5.48. The van der Waals surface area contributed by atoms with Crippen molar-refractivity contribution in [3.05, 3.63) is 72.9 Å². The lowest BCUT2D eigenvalue weighted by atomic mass is 10.0. The standard InChI is InChI=1S/C45H76O7/c1-4-5-24-32-41(47)33-26-20-16-14-17-21-27-34-42(48)35-28-23-30-36-44(49)51-39-43(38-46)52-45(50)37-29-22-18-13-11-9-7-6-8-10-12-15-19-25-31-40(2)3/h5,16-17,20-21,24,26-28,33-35,40-43,46-48H,4,6-15,18-19,22-23,25,29-32,36-39H2,1-3H3/b20-16-,21-17-,24-5-,33-26+,34-27+,35-28-/t41-,42-,43+/m1/s1. The highest BCUT2D eigenvalue weighted by Crippen LogP contribution is 2.15. The lowest BCUT2D eigenvalue weighted by molar-refractivity contribution is -0.161. The van der Waals surface area contributed by atoms with Crippen molar-refractivity contribution in [3.8, 4) is 0 Å². The molecule has 0 saturated heterocycles. The second kappa shape index (κ2) is 38.0. The molecule has 0 aliphatic rings. The number of hydrogen-bond donors (Lipinski definition) is 3. The van der Waals surface area contributed by atoms with Crippen LogP contribution in [-0.4, -0.2) is 58.8 Å². The van der Waals surface area contributed by atoms with Gasteiger partial charge in [0.05, 0.1) is 18.8 Å². The lowest BCUT2D eigenvalue weighted by Crippen LogP contribution is -2.28. The van der Waals surface area contributed by atoms with Gasteiger partial charge in [-0.3, -0.25) is 9.59 Å². The minimum absolute atomic E-state index is 0.154. The number of carbonyl (C=O) groups is 2. The van der Waals surface area contributed by atoms with Crippen LogP contribution in [0.5, 0.6) is 0 Å². The molecule has 3 N–H and O–H groups in total. The first-order valence-corrected chi connectivity index (χ1v) is 20.6. The molecule has 0 aromatic carbocycles. The Morgan fingerprint density at radius 2 is 1.17 bits per heavy atom. The Kier molecular flexibility index (Phi) is 36.0. The fraction of sp³-hybridized carbons (Fsp3) is 0.689. The van der Waals surface area contributed by atoms with Crippen molar-refractivity contribution < 1.29 is 34.4 Å². The SMILES string of the molecule is CC/C=C\C[C@@H](O)/C=C/C=C\C/C=C\C=C\[C@@H](O)/C=C\CCCC(=O)OC[C@H](CO)OC(=O)CCCCCCCCCCCCCCCCC(C)C. The normalized spacial score (nSPS) is 14.3. The van der Waals surface area contributed by atoms with E-state index in [0.29, 0.717) is 25.7 Å². The maximum absolute atomic E-state index is 12.2. The van der Waals surface area contributed by atoms with Gasteiger partial charge < -0.3 is 24.8 Å². The third-order valence-corrected chi connectivity index (χ3v) is 8.62. The Hall–Kier alpha value is -2.74. The maximum Gasteiger partial charge on any atom is 0.306 e. The summed E-state index contributed by atoms with van der Waals surface area (Å²) in [7, 11) is 0. The largest absolute Gasteiger partial charge is 0.462 e. The molecule has 7 heteroatoms. The highest BCUT2D eigenvalue weighted by Gasteiger charge is 2.16. The molecule has 0 aliphatic heterocycles. The molecule has 0 fully saturated rings. The molecule has 0 amide bonds. The minimum Gasteiger partial charge on any atom is -0.462 e. The van der Waals surface area contributed by atoms with E-state index < -0.39 is 30.9 Å². The number of carbonyl (C=O) groups excluding carboxylic acids is 2. The molecular weight excluding hydrogens is 652 g/mol. The first kappa shape index (κ1) is 49.3. The predicted molar refractivity (Wildman–Crippen MR) is 217 cm³/mol. The average molecular weight is 729 g/mol. The van der Waals surface area contributed by atoms with Crippen LogP contribution in [0.1, 0.15) is 162 Å². The number of allylic oxidation sites excluding steroid dienone is 8. The van der Waals surface area contributed by atoms with Crippen molar-refractivity contribution in [1.82, 2.24) is 0 Å². The van der Waals surface area contributed by atoms with E-state index in [9.17, 15) is 24.9 Å². The zero-order chi connectivity index (χ0) is 38.3. The van der Waals surface area contributed by atoms with Crippen molar-refractivity contribution >= 4 is 11.9 Å². The Balaban J connectivity index is 3.82. The fourth-order valence-corrected chi connectivity index (χ4v) is 5.48. The van der Waals surface area contributed by atoms with Crippen LogP contribution in [0.3, 0.4) is 0 Å². The Morgan fingerprint density at radius 1 is 0.615 bits per heavy atom. The van der Waals surface area contributed by atoms with Gasteiger partial charge >= 0.3 is 11.9 Å². The topological polar surface area (TPSA) is 113 Å². The molecule has 52 heavy (non-hydrogen) atoms. The van der Waals surface area contributed by atoms with E-state index in [4.69, 9.17) is 9.47 Å². The number of hydrogen-bond acceptors (Lipinski definition) is 7. The summed E-state index contributed by atoms with van der Waals surface area (Å²) in [6.45, 7) is 6.13. The van der Waals surface area contributed by atoms with E-state index in [1.807, 2.05) is 48.6 Å². The van der Waals surface area contributed by atoms with Crippen LogP contribution in [-0.2, 0) is 19.1 Å². The van der Waals surface area contributed by atoms with Crippen LogP contribution in [0.15, 0.2) is 72.9 Å². The van der Waals surface area contributed by atoms with Crippen molar-refractivity contribution in [2.45, 2.75) is 180 Å². The molecule has 0 bridgehead atoms. The van der Waals surface area contributed by atoms with Gasteiger partial charge in [-0.05, 0) is 44.4 Å². The van der Waals surface area contributed by atoms with Crippen LogP contribution in [0.4, 0.5) is 0 Å². The lowest BCUT2D eigenvalue weighted by Gasteiger charge is -2.15. The molecule has 3 atom stereocenters. The van der Waals surface area contributed by atoms with E-state index in [1.54, 1.807) is 24.3 Å². The molecule has 0 aromatic heterocycles. The number of rotatable bonds is 35. The highest BCUT2D eigenvalue weighted by molar-refractivity contribution is 5.70. The third-order valence-electron chi connectivity index (χ3n) is 8.62. The van der Waals surface area contributed by atoms with Gasteiger partial charge in [0.15, 0.2) is 6.10 Å². The van der Waals surface area contributed by atoms with E-state index in [-0.39, 0.29) is 19.0 Å². The summed E-state index contributed by atoms with van der Waals surface area (Å²) >= 11 is 0. The summed E-state index contributed by atoms with van der Waals surface area (Å²) in [5, 5.41) is 29.4. The molecular formula is C45H76O7. The second-order valence-corrected chi connectivity index (χ2v) is 14.2. The molecule has 0 heterocycles. The molecule has 0 spiro atoms. The number of aliphatic hydroxyl groups excluding tert-OH is 3. The summed E-state index contributed by atoms with van der Waals surface area (Å²) in [5.74, 6) is 0.0611. The van der Waals surface area contributed by atoms with E-state index >= 15 is 0 Å². The van der Waals surface area contributed by atoms with Crippen LogP contribution in [0, 0.1) is 5.92 Å². The quantitative estimate of drug-likeness (QED) is 0.0258. The minimum atomic E-state index is -0.845. The van der Waals surface area contributed by atoms with Gasteiger partial charge in [0.2, 0.25) is 0 Å². The van der Waals surface area contributed by atoms with E-state index in [1.165, 1.54) is 77.0 Å². The number of ether oxygens (including phenoxy) is 2. The number of unbranched alkanes of at least 4 members (excludes halogenated alkanes) is 14. The molecule has 298 valence electrons. The first-order chi connectivity index (χ1) is 25.3. The summed E-state index contributed by atoms with van der Waals surface area (Å²) in [4.78, 5) is 24.3. The summed E-state index contributed by atoms with van der Waals surface area (Å²) in [5.41, 5.74) is 0. The average Bonchev–Trinajstić information content (AvgIpc) is 3.12. The molecule has 7 nitrogen and oxygen atoms in total.